The molecular weight excluding hydrogens is 238 g/mol. The SMILES string of the molecule is CCOc1cncc(C2(O)CCCC(C3CC3)C2)c1. The van der Waals surface area contributed by atoms with Crippen molar-refractivity contribution >= 4 is 0 Å². The van der Waals surface area contributed by atoms with Gasteiger partial charge in [-0.1, -0.05) is 0 Å². The normalized spacial score (nSPS) is 31.2. The van der Waals surface area contributed by atoms with Gasteiger partial charge in [0.15, 0.2) is 0 Å². The molecule has 0 spiro atoms. The van der Waals surface area contributed by atoms with E-state index in [4.69, 9.17) is 4.74 Å². The van der Waals surface area contributed by atoms with Crippen molar-refractivity contribution in [1.82, 2.24) is 4.98 Å². The number of hydrogen-bond donors (Lipinski definition) is 1. The largest absolute Gasteiger partial charge is 0.492 e. The third-order valence-corrected chi connectivity index (χ3v) is 4.62. The van der Waals surface area contributed by atoms with Gasteiger partial charge >= 0.3 is 0 Å². The maximum absolute atomic E-state index is 11.0. The molecule has 0 radical (unpaired) electrons. The summed E-state index contributed by atoms with van der Waals surface area (Å²) in [6.07, 6.45) is 10.4. The Hall–Kier alpha value is -1.09. The second-order valence-electron chi connectivity index (χ2n) is 6.07. The molecule has 0 aromatic carbocycles. The molecule has 104 valence electrons. The molecule has 2 aliphatic rings. The summed E-state index contributed by atoms with van der Waals surface area (Å²) in [7, 11) is 0. The Bertz CT molecular complexity index is 444. The molecule has 1 heterocycles. The first-order valence-electron chi connectivity index (χ1n) is 7.52. The van der Waals surface area contributed by atoms with Crippen molar-refractivity contribution in [1.29, 1.82) is 0 Å². The molecule has 3 heteroatoms. The minimum absolute atomic E-state index is 0.633. The van der Waals surface area contributed by atoms with Crippen molar-refractivity contribution in [3.8, 4) is 5.75 Å². The van der Waals surface area contributed by atoms with E-state index < -0.39 is 5.60 Å². The minimum atomic E-state index is -0.689. The highest BCUT2D eigenvalue weighted by Gasteiger charge is 2.42. The predicted octanol–water partition coefficient (Wildman–Crippen LogP) is 3.27. The van der Waals surface area contributed by atoms with Gasteiger partial charge in [0.2, 0.25) is 0 Å². The van der Waals surface area contributed by atoms with Gasteiger partial charge < -0.3 is 9.84 Å². The number of rotatable bonds is 4. The molecule has 1 aromatic rings. The van der Waals surface area contributed by atoms with Crippen LogP contribution in [0.2, 0.25) is 0 Å². The van der Waals surface area contributed by atoms with E-state index in [9.17, 15) is 5.11 Å². The number of pyridine rings is 1. The van der Waals surface area contributed by atoms with Crippen LogP contribution in [0.25, 0.3) is 0 Å². The van der Waals surface area contributed by atoms with Crippen LogP contribution in [-0.2, 0) is 5.60 Å². The third kappa shape index (κ3) is 2.76. The Labute approximate surface area is 115 Å². The third-order valence-electron chi connectivity index (χ3n) is 4.62. The lowest BCUT2D eigenvalue weighted by Crippen LogP contribution is -2.33. The van der Waals surface area contributed by atoms with Crippen LogP contribution in [-0.4, -0.2) is 16.7 Å². The van der Waals surface area contributed by atoms with E-state index in [-0.39, 0.29) is 0 Å². The molecule has 3 rings (SSSR count). The first-order chi connectivity index (χ1) is 9.21. The number of aliphatic hydroxyl groups is 1. The fourth-order valence-corrected chi connectivity index (χ4v) is 3.45. The summed E-state index contributed by atoms with van der Waals surface area (Å²) in [5, 5.41) is 11.0. The van der Waals surface area contributed by atoms with Crippen molar-refractivity contribution in [3.05, 3.63) is 24.0 Å². The highest BCUT2D eigenvalue weighted by Crippen LogP contribution is 2.49. The van der Waals surface area contributed by atoms with Gasteiger partial charge in [0.1, 0.15) is 5.75 Å². The Morgan fingerprint density at radius 3 is 2.89 bits per heavy atom. The van der Waals surface area contributed by atoms with Crippen LogP contribution in [0.15, 0.2) is 18.5 Å². The van der Waals surface area contributed by atoms with Gasteiger partial charge in [-0.3, -0.25) is 4.98 Å². The molecule has 0 aliphatic heterocycles. The smallest absolute Gasteiger partial charge is 0.137 e. The molecule has 19 heavy (non-hydrogen) atoms. The zero-order valence-corrected chi connectivity index (χ0v) is 11.6. The molecule has 3 nitrogen and oxygen atoms in total. The molecule has 2 unspecified atom stereocenters. The first kappa shape index (κ1) is 12.9. The van der Waals surface area contributed by atoms with Gasteiger partial charge in [0.25, 0.3) is 0 Å². The standard InChI is InChI=1S/C16H23NO2/c1-2-19-15-8-14(10-17-11-15)16(18)7-3-4-13(9-16)12-5-6-12/h8,10-13,18H,2-7,9H2,1H3. The lowest BCUT2D eigenvalue weighted by molar-refractivity contribution is -0.0255. The molecule has 0 amide bonds. The fourth-order valence-electron chi connectivity index (χ4n) is 3.45. The quantitative estimate of drug-likeness (QED) is 0.904. The predicted molar refractivity (Wildman–Crippen MR) is 74.0 cm³/mol. The van der Waals surface area contributed by atoms with Crippen molar-refractivity contribution in [2.24, 2.45) is 11.8 Å². The maximum atomic E-state index is 11.0. The molecular formula is C16H23NO2. The lowest BCUT2D eigenvalue weighted by atomic mass is 9.73. The minimum Gasteiger partial charge on any atom is -0.492 e. The number of aromatic nitrogens is 1. The summed E-state index contributed by atoms with van der Waals surface area (Å²) in [5.74, 6) is 2.34. The van der Waals surface area contributed by atoms with Crippen LogP contribution < -0.4 is 4.74 Å². The van der Waals surface area contributed by atoms with Gasteiger partial charge in [0.05, 0.1) is 18.4 Å². The average molecular weight is 261 g/mol. The summed E-state index contributed by atoms with van der Waals surface area (Å²) < 4.78 is 5.50. The van der Waals surface area contributed by atoms with Gasteiger partial charge in [-0.2, -0.15) is 0 Å². The molecule has 0 saturated heterocycles. The molecule has 1 aromatic heterocycles. The second-order valence-corrected chi connectivity index (χ2v) is 6.07. The summed E-state index contributed by atoms with van der Waals surface area (Å²) in [4.78, 5) is 4.22. The van der Waals surface area contributed by atoms with Gasteiger partial charge in [-0.15, -0.1) is 0 Å². The zero-order valence-electron chi connectivity index (χ0n) is 11.6. The number of nitrogens with zero attached hydrogens (tertiary/aromatic N) is 1. The van der Waals surface area contributed by atoms with Crippen molar-refractivity contribution in [2.45, 2.75) is 51.0 Å². The molecule has 2 saturated carbocycles. The highest BCUT2D eigenvalue weighted by atomic mass is 16.5. The Kier molecular flexibility index (Phi) is 3.48. The average Bonchev–Trinajstić information content (AvgIpc) is 3.24. The summed E-state index contributed by atoms with van der Waals surface area (Å²) in [5.41, 5.74) is 0.245. The van der Waals surface area contributed by atoms with E-state index in [1.807, 2.05) is 13.0 Å². The van der Waals surface area contributed by atoms with E-state index in [0.29, 0.717) is 12.5 Å². The van der Waals surface area contributed by atoms with Crippen LogP contribution in [0.3, 0.4) is 0 Å². The highest BCUT2D eigenvalue weighted by molar-refractivity contribution is 5.28. The lowest BCUT2D eigenvalue weighted by Gasteiger charge is -2.37. The second kappa shape index (κ2) is 5.12. The topological polar surface area (TPSA) is 42.4 Å². The van der Waals surface area contributed by atoms with Crippen molar-refractivity contribution < 1.29 is 9.84 Å². The molecule has 1 N–H and O–H groups in total. The molecule has 0 bridgehead atoms. The summed E-state index contributed by atoms with van der Waals surface area (Å²) in [6.45, 7) is 2.60. The number of hydrogen-bond acceptors (Lipinski definition) is 3. The van der Waals surface area contributed by atoms with E-state index in [0.717, 1.165) is 36.5 Å². The summed E-state index contributed by atoms with van der Waals surface area (Å²) >= 11 is 0. The molecule has 2 atom stereocenters. The number of ether oxygens (including phenoxy) is 1. The van der Waals surface area contributed by atoms with Crippen LogP contribution in [0.1, 0.15) is 51.0 Å². The van der Waals surface area contributed by atoms with Gasteiger partial charge in [0, 0.05) is 11.8 Å². The van der Waals surface area contributed by atoms with E-state index in [1.54, 1.807) is 12.4 Å². The maximum Gasteiger partial charge on any atom is 0.137 e. The van der Waals surface area contributed by atoms with Crippen LogP contribution in [0.4, 0.5) is 0 Å². The van der Waals surface area contributed by atoms with Gasteiger partial charge in [-0.25, -0.2) is 0 Å². The Morgan fingerprint density at radius 1 is 1.32 bits per heavy atom. The first-order valence-corrected chi connectivity index (χ1v) is 7.52. The Morgan fingerprint density at radius 2 is 2.16 bits per heavy atom. The van der Waals surface area contributed by atoms with E-state index >= 15 is 0 Å². The van der Waals surface area contributed by atoms with Crippen molar-refractivity contribution in [3.63, 3.8) is 0 Å². The molecule has 2 aliphatic carbocycles. The summed E-state index contributed by atoms with van der Waals surface area (Å²) in [6, 6.07) is 1.96. The fraction of sp³-hybridized carbons (Fsp3) is 0.688. The molecule has 2 fully saturated rings. The van der Waals surface area contributed by atoms with Crippen LogP contribution in [0.5, 0.6) is 5.75 Å². The monoisotopic (exact) mass is 261 g/mol. The van der Waals surface area contributed by atoms with E-state index in [2.05, 4.69) is 4.98 Å². The van der Waals surface area contributed by atoms with Gasteiger partial charge in [-0.05, 0) is 63.4 Å². The van der Waals surface area contributed by atoms with Crippen LogP contribution >= 0.6 is 0 Å². The zero-order chi connectivity index (χ0) is 13.3. The van der Waals surface area contributed by atoms with E-state index in [1.165, 1.54) is 19.3 Å². The van der Waals surface area contributed by atoms with Crippen molar-refractivity contribution in [2.75, 3.05) is 6.61 Å². The Balaban J connectivity index is 1.80. The van der Waals surface area contributed by atoms with Crippen LogP contribution in [0, 0.1) is 11.8 Å².